The topological polar surface area (TPSA) is 67.1 Å². The summed E-state index contributed by atoms with van der Waals surface area (Å²) in [6, 6.07) is 4.11. The second-order valence-electron chi connectivity index (χ2n) is 5.82. The van der Waals surface area contributed by atoms with Gasteiger partial charge in [-0.3, -0.25) is 4.68 Å². The zero-order valence-corrected chi connectivity index (χ0v) is 13.8. The molecule has 120 valence electrons. The predicted molar refractivity (Wildman–Crippen MR) is 90.6 cm³/mol. The minimum atomic E-state index is -0.481. The molecule has 23 heavy (non-hydrogen) atoms. The highest BCUT2D eigenvalue weighted by Crippen LogP contribution is 2.29. The SMILES string of the molecule is CC[C@@H](O)c1cc2n(n1)CCCN(c1ncnc3sccc13)C2. The third kappa shape index (κ3) is 2.60. The molecule has 0 amide bonds. The van der Waals surface area contributed by atoms with Crippen LogP contribution in [0, 0.1) is 0 Å². The number of aryl methyl sites for hydroxylation is 1. The number of nitrogens with zero attached hydrogens (tertiary/aromatic N) is 5. The van der Waals surface area contributed by atoms with E-state index in [-0.39, 0.29) is 0 Å². The smallest absolute Gasteiger partial charge is 0.141 e. The molecule has 4 rings (SSSR count). The molecule has 6 nitrogen and oxygen atoms in total. The van der Waals surface area contributed by atoms with Crippen molar-refractivity contribution in [2.45, 2.75) is 39.0 Å². The standard InChI is InChI=1S/C16H19N5OS/c1-2-14(22)13-8-11-9-20(5-3-6-21(11)19-13)15-12-4-7-23-16(12)18-10-17-15/h4,7-8,10,14,22H,2-3,5-6,9H2,1H3/t14-/m1/s1. The first-order valence-corrected chi connectivity index (χ1v) is 8.82. The number of aromatic nitrogens is 4. The molecule has 0 bridgehead atoms. The van der Waals surface area contributed by atoms with Gasteiger partial charge in [0.15, 0.2) is 0 Å². The fourth-order valence-electron chi connectivity index (χ4n) is 3.07. The van der Waals surface area contributed by atoms with Crippen LogP contribution >= 0.6 is 11.3 Å². The maximum absolute atomic E-state index is 10.0. The van der Waals surface area contributed by atoms with Crippen molar-refractivity contribution in [3.8, 4) is 0 Å². The lowest BCUT2D eigenvalue weighted by Gasteiger charge is -2.21. The van der Waals surface area contributed by atoms with E-state index in [9.17, 15) is 5.11 Å². The molecular weight excluding hydrogens is 310 g/mol. The number of thiophene rings is 1. The Labute approximate surface area is 138 Å². The van der Waals surface area contributed by atoms with E-state index >= 15 is 0 Å². The van der Waals surface area contributed by atoms with Crippen LogP contribution < -0.4 is 4.90 Å². The minimum Gasteiger partial charge on any atom is -0.387 e. The Kier molecular flexibility index (Phi) is 3.74. The Hall–Kier alpha value is -1.99. The van der Waals surface area contributed by atoms with Gasteiger partial charge in [0.05, 0.1) is 29.4 Å². The average Bonchev–Trinajstić information content (AvgIpc) is 3.16. The number of anilines is 1. The summed E-state index contributed by atoms with van der Waals surface area (Å²) in [5.74, 6) is 0.989. The van der Waals surface area contributed by atoms with Crippen LogP contribution in [-0.4, -0.2) is 31.4 Å². The summed E-state index contributed by atoms with van der Waals surface area (Å²) in [4.78, 5) is 12.2. The van der Waals surface area contributed by atoms with Gasteiger partial charge >= 0.3 is 0 Å². The van der Waals surface area contributed by atoms with Crippen molar-refractivity contribution in [3.63, 3.8) is 0 Å². The van der Waals surface area contributed by atoms with Gasteiger partial charge in [0.25, 0.3) is 0 Å². The maximum atomic E-state index is 10.0. The molecule has 7 heteroatoms. The van der Waals surface area contributed by atoms with Crippen LogP contribution in [0.25, 0.3) is 10.2 Å². The van der Waals surface area contributed by atoms with Gasteiger partial charge in [0, 0.05) is 13.1 Å². The number of rotatable bonds is 3. The first-order valence-electron chi connectivity index (χ1n) is 7.94. The highest BCUT2D eigenvalue weighted by molar-refractivity contribution is 7.16. The number of hydrogen-bond donors (Lipinski definition) is 1. The molecule has 1 aliphatic heterocycles. The van der Waals surface area contributed by atoms with Crippen molar-refractivity contribution in [2.75, 3.05) is 11.4 Å². The van der Waals surface area contributed by atoms with E-state index in [0.29, 0.717) is 6.42 Å². The summed E-state index contributed by atoms with van der Waals surface area (Å²) in [6.07, 6.45) is 2.85. The van der Waals surface area contributed by atoms with Gasteiger partial charge in [-0.2, -0.15) is 5.10 Å². The van der Waals surface area contributed by atoms with Gasteiger partial charge in [-0.1, -0.05) is 6.92 Å². The molecule has 0 radical (unpaired) electrons. The van der Waals surface area contributed by atoms with Crippen LogP contribution in [-0.2, 0) is 13.1 Å². The lowest BCUT2D eigenvalue weighted by atomic mass is 10.2. The number of fused-ring (bicyclic) bond motifs is 2. The third-order valence-electron chi connectivity index (χ3n) is 4.30. The fraction of sp³-hybridized carbons (Fsp3) is 0.438. The highest BCUT2D eigenvalue weighted by atomic mass is 32.1. The van der Waals surface area contributed by atoms with Gasteiger partial charge in [-0.15, -0.1) is 11.3 Å². The normalized spacial score (nSPS) is 16.3. The van der Waals surface area contributed by atoms with E-state index in [0.717, 1.165) is 53.5 Å². The third-order valence-corrected chi connectivity index (χ3v) is 5.12. The summed E-state index contributed by atoms with van der Waals surface area (Å²) < 4.78 is 2.03. The number of hydrogen-bond acceptors (Lipinski definition) is 6. The summed E-state index contributed by atoms with van der Waals surface area (Å²) in [5, 5.41) is 17.8. The summed E-state index contributed by atoms with van der Waals surface area (Å²) in [7, 11) is 0. The van der Waals surface area contributed by atoms with Crippen LogP contribution in [0.4, 0.5) is 5.82 Å². The zero-order chi connectivity index (χ0) is 15.8. The van der Waals surface area contributed by atoms with E-state index in [4.69, 9.17) is 0 Å². The molecule has 3 aromatic heterocycles. The first-order chi connectivity index (χ1) is 11.3. The molecule has 0 unspecified atom stereocenters. The first kappa shape index (κ1) is 14.6. The average molecular weight is 329 g/mol. The van der Waals surface area contributed by atoms with E-state index in [1.807, 2.05) is 17.7 Å². The summed E-state index contributed by atoms with van der Waals surface area (Å²) >= 11 is 1.64. The molecule has 4 heterocycles. The summed E-state index contributed by atoms with van der Waals surface area (Å²) in [5.41, 5.74) is 1.90. The van der Waals surface area contributed by atoms with E-state index < -0.39 is 6.10 Å². The highest BCUT2D eigenvalue weighted by Gasteiger charge is 2.21. The Morgan fingerprint density at radius 1 is 1.35 bits per heavy atom. The molecule has 3 aromatic rings. The number of aliphatic hydroxyl groups is 1. The molecule has 0 spiro atoms. The summed E-state index contributed by atoms with van der Waals surface area (Å²) in [6.45, 7) is 4.54. The molecule has 1 atom stereocenters. The van der Waals surface area contributed by atoms with E-state index in [1.54, 1.807) is 17.7 Å². The monoisotopic (exact) mass is 329 g/mol. The van der Waals surface area contributed by atoms with E-state index in [1.165, 1.54) is 0 Å². The Bertz CT molecular complexity index is 827. The van der Waals surface area contributed by atoms with Crippen molar-refractivity contribution < 1.29 is 5.11 Å². The lowest BCUT2D eigenvalue weighted by molar-refractivity contribution is 0.168. The van der Waals surface area contributed by atoms with Gasteiger partial charge in [-0.05, 0) is 30.4 Å². The maximum Gasteiger partial charge on any atom is 0.141 e. The quantitative estimate of drug-likeness (QED) is 0.800. The van der Waals surface area contributed by atoms with Crippen molar-refractivity contribution in [1.82, 2.24) is 19.7 Å². The molecule has 0 aliphatic carbocycles. The second kappa shape index (κ2) is 5.90. The molecule has 1 aliphatic rings. The van der Waals surface area contributed by atoms with Gasteiger partial charge in [0.2, 0.25) is 0 Å². The number of aliphatic hydroxyl groups excluding tert-OH is 1. The van der Waals surface area contributed by atoms with Gasteiger partial charge in [0.1, 0.15) is 17.0 Å². The Balaban J connectivity index is 1.69. The van der Waals surface area contributed by atoms with Crippen molar-refractivity contribution in [1.29, 1.82) is 0 Å². The fourth-order valence-corrected chi connectivity index (χ4v) is 3.79. The van der Waals surface area contributed by atoms with Crippen LogP contribution in [0.15, 0.2) is 23.8 Å². The zero-order valence-electron chi connectivity index (χ0n) is 13.0. The van der Waals surface area contributed by atoms with Crippen molar-refractivity contribution in [2.24, 2.45) is 0 Å². The van der Waals surface area contributed by atoms with Crippen LogP contribution in [0.3, 0.4) is 0 Å². The van der Waals surface area contributed by atoms with E-state index in [2.05, 4.69) is 31.4 Å². The second-order valence-corrected chi connectivity index (χ2v) is 6.71. The van der Waals surface area contributed by atoms with Crippen LogP contribution in [0.1, 0.15) is 37.3 Å². The molecular formula is C16H19N5OS. The van der Waals surface area contributed by atoms with Crippen LogP contribution in [0.5, 0.6) is 0 Å². The Morgan fingerprint density at radius 3 is 3.13 bits per heavy atom. The molecule has 0 aromatic carbocycles. The van der Waals surface area contributed by atoms with Crippen molar-refractivity contribution >= 4 is 27.4 Å². The lowest BCUT2D eigenvalue weighted by Crippen LogP contribution is -2.23. The van der Waals surface area contributed by atoms with Gasteiger partial charge in [-0.25, -0.2) is 9.97 Å². The predicted octanol–water partition coefficient (Wildman–Crippen LogP) is 2.74. The Morgan fingerprint density at radius 2 is 2.26 bits per heavy atom. The molecule has 1 N–H and O–H groups in total. The molecule has 0 saturated carbocycles. The minimum absolute atomic E-state index is 0.481. The van der Waals surface area contributed by atoms with Gasteiger partial charge < -0.3 is 10.0 Å². The van der Waals surface area contributed by atoms with Crippen LogP contribution in [0.2, 0.25) is 0 Å². The van der Waals surface area contributed by atoms with Crippen molar-refractivity contribution in [3.05, 3.63) is 35.2 Å². The molecule has 0 saturated heterocycles. The molecule has 0 fully saturated rings. The largest absolute Gasteiger partial charge is 0.387 e.